The minimum Gasteiger partial charge on any atom is -0.481 e. The lowest BCUT2D eigenvalue weighted by molar-refractivity contribution is -0.152. The summed E-state index contributed by atoms with van der Waals surface area (Å²) in [5.74, 6) is -0.979. The maximum Gasteiger partial charge on any atom is 0.303 e. The van der Waals surface area contributed by atoms with Crippen LogP contribution in [0.15, 0.2) is 0 Å². The van der Waals surface area contributed by atoms with Gasteiger partial charge in [0, 0.05) is 25.3 Å². The van der Waals surface area contributed by atoms with Gasteiger partial charge in [-0.2, -0.15) is 0 Å². The molecule has 1 N–H and O–H groups in total. The Bertz CT molecular complexity index is 308. The van der Waals surface area contributed by atoms with E-state index in [1.54, 1.807) is 6.92 Å². The molecule has 0 radical (unpaired) electrons. The molecule has 17 heavy (non-hydrogen) atoms. The number of carbonyl (C=O) groups is 3. The Balaban J connectivity index is 2.49. The Hall–Kier alpha value is -1.39. The molecule has 1 unspecified atom stereocenters. The molecule has 1 aliphatic rings. The van der Waals surface area contributed by atoms with Crippen molar-refractivity contribution in [3.8, 4) is 0 Å². The van der Waals surface area contributed by atoms with Gasteiger partial charge < -0.3 is 5.11 Å². The van der Waals surface area contributed by atoms with Gasteiger partial charge >= 0.3 is 5.97 Å². The number of nitrogens with zero attached hydrogens (tertiary/aromatic N) is 1. The van der Waals surface area contributed by atoms with Crippen molar-refractivity contribution < 1.29 is 19.5 Å². The first kappa shape index (κ1) is 13.7. The number of carboxylic acids is 1. The summed E-state index contributed by atoms with van der Waals surface area (Å²) < 4.78 is 0. The largest absolute Gasteiger partial charge is 0.481 e. The number of rotatable bonds is 5. The number of imide groups is 1. The van der Waals surface area contributed by atoms with Gasteiger partial charge in [-0.15, -0.1) is 0 Å². The van der Waals surface area contributed by atoms with Gasteiger partial charge in [-0.1, -0.05) is 6.92 Å². The Morgan fingerprint density at radius 3 is 2.41 bits per heavy atom. The molecule has 0 spiro atoms. The summed E-state index contributed by atoms with van der Waals surface area (Å²) >= 11 is 0. The second-order valence-electron chi connectivity index (χ2n) is 4.81. The van der Waals surface area contributed by atoms with Crippen molar-refractivity contribution in [3.05, 3.63) is 0 Å². The summed E-state index contributed by atoms with van der Waals surface area (Å²) in [6.07, 6.45) is 1.95. The first-order valence-electron chi connectivity index (χ1n) is 5.98. The molecule has 0 saturated carbocycles. The Kier molecular flexibility index (Phi) is 4.66. The average Bonchev–Trinajstić information content (AvgIpc) is 2.14. The summed E-state index contributed by atoms with van der Waals surface area (Å²) in [7, 11) is 0. The van der Waals surface area contributed by atoms with Crippen LogP contribution < -0.4 is 0 Å². The van der Waals surface area contributed by atoms with Crippen molar-refractivity contribution in [2.75, 3.05) is 0 Å². The normalized spacial score (nSPS) is 19.5. The zero-order chi connectivity index (χ0) is 13.0. The highest BCUT2D eigenvalue weighted by atomic mass is 16.4. The molecule has 1 saturated heterocycles. The molecular weight excluding hydrogens is 222 g/mol. The summed E-state index contributed by atoms with van der Waals surface area (Å²) in [4.78, 5) is 35.2. The van der Waals surface area contributed by atoms with Crippen molar-refractivity contribution in [2.24, 2.45) is 5.92 Å². The van der Waals surface area contributed by atoms with E-state index >= 15 is 0 Å². The number of carboxylic acid groups (broad SMARTS) is 1. The van der Waals surface area contributed by atoms with E-state index < -0.39 is 5.97 Å². The predicted molar refractivity (Wildman–Crippen MR) is 61.2 cm³/mol. The standard InChI is InChI=1S/C12H19NO4/c1-8-6-10(14)13(11(15)7-8)9(2)4-3-5-12(16)17/h8-9H,3-7H2,1-2H3,(H,16,17). The molecule has 0 aromatic heterocycles. The van der Waals surface area contributed by atoms with Crippen molar-refractivity contribution >= 4 is 17.8 Å². The number of aliphatic carboxylic acids is 1. The third-order valence-corrected chi connectivity index (χ3v) is 3.04. The zero-order valence-corrected chi connectivity index (χ0v) is 10.3. The highest BCUT2D eigenvalue weighted by molar-refractivity contribution is 5.98. The molecule has 1 fully saturated rings. The second-order valence-corrected chi connectivity index (χ2v) is 4.81. The molecule has 1 heterocycles. The van der Waals surface area contributed by atoms with E-state index in [1.807, 2.05) is 6.92 Å². The number of piperidine rings is 1. The van der Waals surface area contributed by atoms with Gasteiger partial charge in [0.1, 0.15) is 0 Å². The van der Waals surface area contributed by atoms with Gasteiger partial charge in [0.2, 0.25) is 11.8 Å². The quantitative estimate of drug-likeness (QED) is 0.738. The summed E-state index contributed by atoms with van der Waals surface area (Å²) in [6, 6.07) is -0.193. The van der Waals surface area contributed by atoms with Gasteiger partial charge in [0.25, 0.3) is 0 Å². The van der Waals surface area contributed by atoms with Crippen LogP contribution in [0.2, 0.25) is 0 Å². The molecule has 0 aromatic carbocycles. The van der Waals surface area contributed by atoms with Gasteiger partial charge in [0.15, 0.2) is 0 Å². The SMILES string of the molecule is CC1CC(=O)N(C(C)CCCC(=O)O)C(=O)C1. The van der Waals surface area contributed by atoms with Crippen LogP contribution in [0.3, 0.4) is 0 Å². The molecule has 96 valence electrons. The molecular formula is C12H19NO4. The van der Waals surface area contributed by atoms with Crippen LogP contribution in [0.4, 0.5) is 0 Å². The lowest BCUT2D eigenvalue weighted by Gasteiger charge is -2.33. The van der Waals surface area contributed by atoms with E-state index in [1.165, 1.54) is 4.90 Å². The van der Waals surface area contributed by atoms with E-state index in [0.717, 1.165) is 0 Å². The highest BCUT2D eigenvalue weighted by Gasteiger charge is 2.33. The van der Waals surface area contributed by atoms with E-state index in [-0.39, 0.29) is 30.2 Å². The Morgan fingerprint density at radius 1 is 1.41 bits per heavy atom. The average molecular weight is 241 g/mol. The van der Waals surface area contributed by atoms with E-state index in [0.29, 0.717) is 25.7 Å². The number of carbonyl (C=O) groups excluding carboxylic acids is 2. The molecule has 1 atom stereocenters. The molecule has 1 rings (SSSR count). The van der Waals surface area contributed by atoms with Gasteiger partial charge in [-0.3, -0.25) is 19.3 Å². The topological polar surface area (TPSA) is 74.7 Å². The Labute approximate surface area is 101 Å². The molecule has 5 heteroatoms. The minimum atomic E-state index is -0.845. The minimum absolute atomic E-state index is 0.0803. The lowest BCUT2D eigenvalue weighted by atomic mass is 9.95. The van der Waals surface area contributed by atoms with Crippen molar-refractivity contribution in [1.82, 2.24) is 4.90 Å². The van der Waals surface area contributed by atoms with E-state index in [9.17, 15) is 14.4 Å². The summed E-state index contributed by atoms with van der Waals surface area (Å²) in [5.41, 5.74) is 0. The molecule has 0 aliphatic carbocycles. The van der Waals surface area contributed by atoms with Gasteiger partial charge in [0.05, 0.1) is 0 Å². The van der Waals surface area contributed by atoms with Crippen molar-refractivity contribution in [3.63, 3.8) is 0 Å². The maximum atomic E-state index is 11.7. The number of hydrogen-bond donors (Lipinski definition) is 1. The van der Waals surface area contributed by atoms with Gasteiger partial charge in [-0.25, -0.2) is 0 Å². The van der Waals surface area contributed by atoms with Crippen LogP contribution in [-0.2, 0) is 14.4 Å². The van der Waals surface area contributed by atoms with Crippen LogP contribution in [-0.4, -0.2) is 33.8 Å². The van der Waals surface area contributed by atoms with Crippen LogP contribution in [0.1, 0.15) is 46.0 Å². The van der Waals surface area contributed by atoms with E-state index in [4.69, 9.17) is 5.11 Å². The zero-order valence-electron chi connectivity index (χ0n) is 10.3. The van der Waals surface area contributed by atoms with Crippen molar-refractivity contribution in [1.29, 1.82) is 0 Å². The smallest absolute Gasteiger partial charge is 0.303 e. The number of amides is 2. The third-order valence-electron chi connectivity index (χ3n) is 3.04. The first-order chi connectivity index (χ1) is 7.91. The second kappa shape index (κ2) is 5.80. The molecule has 1 aliphatic heterocycles. The molecule has 0 aromatic rings. The summed E-state index contributed by atoms with van der Waals surface area (Å²) in [6.45, 7) is 3.69. The van der Waals surface area contributed by atoms with Gasteiger partial charge in [-0.05, 0) is 25.7 Å². The maximum absolute atomic E-state index is 11.7. The monoisotopic (exact) mass is 241 g/mol. The fourth-order valence-corrected chi connectivity index (χ4v) is 2.17. The fourth-order valence-electron chi connectivity index (χ4n) is 2.17. The van der Waals surface area contributed by atoms with Crippen LogP contribution >= 0.6 is 0 Å². The highest BCUT2D eigenvalue weighted by Crippen LogP contribution is 2.22. The Morgan fingerprint density at radius 2 is 1.94 bits per heavy atom. The molecule has 5 nitrogen and oxygen atoms in total. The van der Waals surface area contributed by atoms with Crippen LogP contribution in [0, 0.1) is 5.92 Å². The van der Waals surface area contributed by atoms with Crippen LogP contribution in [0.25, 0.3) is 0 Å². The summed E-state index contributed by atoms with van der Waals surface area (Å²) in [5, 5.41) is 8.53. The molecule has 0 bridgehead atoms. The number of hydrogen-bond acceptors (Lipinski definition) is 3. The van der Waals surface area contributed by atoms with Crippen molar-refractivity contribution in [2.45, 2.75) is 52.0 Å². The fraction of sp³-hybridized carbons (Fsp3) is 0.750. The van der Waals surface area contributed by atoms with E-state index in [2.05, 4.69) is 0 Å². The molecule has 2 amide bonds. The predicted octanol–water partition coefficient (Wildman–Crippen LogP) is 1.41. The number of likely N-dealkylation sites (tertiary alicyclic amines) is 1. The third kappa shape index (κ3) is 3.84. The first-order valence-corrected chi connectivity index (χ1v) is 5.98. The van der Waals surface area contributed by atoms with Crippen LogP contribution in [0.5, 0.6) is 0 Å². The lowest BCUT2D eigenvalue weighted by Crippen LogP contribution is -2.47.